The lowest BCUT2D eigenvalue weighted by Gasteiger charge is -2.19. The molecule has 7 nitrogen and oxygen atoms in total. The first-order valence-corrected chi connectivity index (χ1v) is 7.44. The molecule has 3 N–H and O–H groups in total. The molecule has 1 heterocycles. The Morgan fingerprint density at radius 3 is 2.56 bits per heavy atom. The van der Waals surface area contributed by atoms with Gasteiger partial charge in [0.05, 0.1) is 12.1 Å². The molecular formula is C15H17F3N4O3. The third kappa shape index (κ3) is 4.01. The number of imide groups is 1. The quantitative estimate of drug-likeness (QED) is 0.701. The highest BCUT2D eigenvalue weighted by atomic mass is 19.4. The van der Waals surface area contributed by atoms with Gasteiger partial charge in [-0.3, -0.25) is 15.0 Å². The summed E-state index contributed by atoms with van der Waals surface area (Å²) in [4.78, 5) is 35.7. The van der Waals surface area contributed by atoms with Crippen LogP contribution >= 0.6 is 0 Å². The normalized spacial score (nSPS) is 20.4. The van der Waals surface area contributed by atoms with Crippen LogP contribution in [-0.2, 0) is 15.8 Å². The van der Waals surface area contributed by atoms with Crippen molar-refractivity contribution < 1.29 is 27.6 Å². The van der Waals surface area contributed by atoms with Crippen molar-refractivity contribution in [1.29, 1.82) is 0 Å². The molecule has 0 saturated carbocycles. The van der Waals surface area contributed by atoms with Gasteiger partial charge >= 0.3 is 12.2 Å². The highest BCUT2D eigenvalue weighted by Gasteiger charge is 2.47. The molecule has 1 aromatic rings. The SMILES string of the molecule is CC[C@]1(C)NC(=O)N(NC(=O)CNc2cccc(C(F)(F)F)c2)C1=O. The summed E-state index contributed by atoms with van der Waals surface area (Å²) in [7, 11) is 0. The first-order chi connectivity index (χ1) is 11.6. The van der Waals surface area contributed by atoms with Crippen LogP contribution in [0.3, 0.4) is 0 Å². The summed E-state index contributed by atoms with van der Waals surface area (Å²) in [6.07, 6.45) is -4.16. The van der Waals surface area contributed by atoms with Gasteiger partial charge in [-0.15, -0.1) is 0 Å². The zero-order valence-corrected chi connectivity index (χ0v) is 13.5. The van der Waals surface area contributed by atoms with Crippen LogP contribution in [0.25, 0.3) is 0 Å². The number of alkyl halides is 3. The largest absolute Gasteiger partial charge is 0.416 e. The van der Waals surface area contributed by atoms with Crippen LogP contribution in [0.15, 0.2) is 24.3 Å². The van der Waals surface area contributed by atoms with E-state index < -0.39 is 41.7 Å². The maximum atomic E-state index is 12.6. The van der Waals surface area contributed by atoms with E-state index in [1.54, 1.807) is 6.92 Å². The van der Waals surface area contributed by atoms with Gasteiger partial charge in [0, 0.05) is 5.69 Å². The minimum absolute atomic E-state index is 0.0839. The number of amides is 4. The summed E-state index contributed by atoms with van der Waals surface area (Å²) >= 11 is 0. The van der Waals surface area contributed by atoms with Crippen molar-refractivity contribution in [3.8, 4) is 0 Å². The number of hydrazine groups is 1. The van der Waals surface area contributed by atoms with Gasteiger partial charge in [0.1, 0.15) is 5.54 Å². The molecule has 0 aliphatic carbocycles. The Labute approximate surface area is 141 Å². The van der Waals surface area contributed by atoms with Crippen molar-refractivity contribution in [3.63, 3.8) is 0 Å². The van der Waals surface area contributed by atoms with E-state index >= 15 is 0 Å². The molecule has 0 unspecified atom stereocenters. The minimum Gasteiger partial charge on any atom is -0.376 e. The first-order valence-electron chi connectivity index (χ1n) is 7.44. The smallest absolute Gasteiger partial charge is 0.376 e. The monoisotopic (exact) mass is 358 g/mol. The van der Waals surface area contributed by atoms with E-state index in [1.165, 1.54) is 19.1 Å². The van der Waals surface area contributed by atoms with E-state index in [9.17, 15) is 27.6 Å². The number of hydrogen-bond donors (Lipinski definition) is 3. The summed E-state index contributed by atoms with van der Waals surface area (Å²) in [6, 6.07) is 3.57. The topological polar surface area (TPSA) is 90.5 Å². The molecule has 1 aliphatic rings. The maximum Gasteiger partial charge on any atom is 0.416 e. The van der Waals surface area contributed by atoms with E-state index in [2.05, 4.69) is 16.1 Å². The zero-order chi connectivity index (χ0) is 18.8. The van der Waals surface area contributed by atoms with Crippen LogP contribution in [0.4, 0.5) is 23.7 Å². The van der Waals surface area contributed by atoms with Crippen LogP contribution in [0.2, 0.25) is 0 Å². The molecule has 0 radical (unpaired) electrons. The first kappa shape index (κ1) is 18.6. The number of carbonyl (C=O) groups is 3. The lowest BCUT2D eigenvalue weighted by atomic mass is 10.00. The third-order valence-corrected chi connectivity index (χ3v) is 3.85. The van der Waals surface area contributed by atoms with Gasteiger partial charge in [-0.2, -0.15) is 18.2 Å². The fraction of sp³-hybridized carbons (Fsp3) is 0.400. The Hall–Kier alpha value is -2.78. The molecule has 1 aromatic carbocycles. The van der Waals surface area contributed by atoms with Gasteiger partial charge < -0.3 is 10.6 Å². The number of rotatable bonds is 5. The average Bonchev–Trinajstić information content (AvgIpc) is 2.76. The number of halogens is 3. The lowest BCUT2D eigenvalue weighted by molar-refractivity contribution is -0.138. The second-order valence-electron chi connectivity index (χ2n) is 5.72. The molecule has 1 atom stereocenters. The molecule has 1 fully saturated rings. The summed E-state index contributed by atoms with van der Waals surface area (Å²) in [5.74, 6) is -1.35. The molecule has 1 saturated heterocycles. The summed E-state index contributed by atoms with van der Waals surface area (Å²) in [5.41, 5.74) is 0.261. The Kier molecular flexibility index (Phi) is 4.91. The molecule has 4 amide bonds. The van der Waals surface area contributed by atoms with Crippen molar-refractivity contribution >= 4 is 23.5 Å². The summed E-state index contributed by atoms with van der Waals surface area (Å²) < 4.78 is 37.9. The number of nitrogens with one attached hydrogen (secondary N) is 3. The van der Waals surface area contributed by atoms with Crippen LogP contribution in [0, 0.1) is 0 Å². The molecular weight excluding hydrogens is 341 g/mol. The van der Waals surface area contributed by atoms with Crippen LogP contribution in [-0.4, -0.2) is 34.9 Å². The molecule has 0 bridgehead atoms. The Morgan fingerprint density at radius 1 is 1.32 bits per heavy atom. The predicted octanol–water partition coefficient (Wildman–Crippen LogP) is 1.87. The van der Waals surface area contributed by atoms with Gasteiger partial charge in [0.15, 0.2) is 0 Å². The van der Waals surface area contributed by atoms with Crippen molar-refractivity contribution in [3.05, 3.63) is 29.8 Å². The number of nitrogens with zero attached hydrogens (tertiary/aromatic N) is 1. The van der Waals surface area contributed by atoms with Gasteiger partial charge in [-0.1, -0.05) is 13.0 Å². The fourth-order valence-electron chi connectivity index (χ4n) is 2.18. The van der Waals surface area contributed by atoms with Gasteiger partial charge in [0.2, 0.25) is 0 Å². The van der Waals surface area contributed by atoms with Crippen molar-refractivity contribution in [2.45, 2.75) is 32.0 Å². The highest BCUT2D eigenvalue weighted by molar-refractivity contribution is 6.07. The van der Waals surface area contributed by atoms with E-state index in [-0.39, 0.29) is 5.69 Å². The predicted molar refractivity (Wildman–Crippen MR) is 82.2 cm³/mol. The Balaban J connectivity index is 1.96. The maximum absolute atomic E-state index is 12.6. The fourth-order valence-corrected chi connectivity index (χ4v) is 2.18. The van der Waals surface area contributed by atoms with Crippen LogP contribution < -0.4 is 16.1 Å². The lowest BCUT2D eigenvalue weighted by Crippen LogP contribution is -2.50. The van der Waals surface area contributed by atoms with Crippen LogP contribution in [0.5, 0.6) is 0 Å². The van der Waals surface area contributed by atoms with E-state index in [4.69, 9.17) is 0 Å². The standard InChI is InChI=1S/C15H17F3N4O3/c1-3-14(2)12(24)22(13(25)20-14)21-11(23)8-19-10-6-4-5-9(7-10)15(16,17)18/h4-7,19H,3,8H2,1-2H3,(H,20,25)(H,21,23)/t14-/m0/s1. The van der Waals surface area contributed by atoms with Crippen molar-refractivity contribution in [2.24, 2.45) is 0 Å². The van der Waals surface area contributed by atoms with Gasteiger partial charge in [-0.25, -0.2) is 4.79 Å². The highest BCUT2D eigenvalue weighted by Crippen LogP contribution is 2.30. The number of urea groups is 1. The van der Waals surface area contributed by atoms with Gasteiger partial charge in [-0.05, 0) is 31.5 Å². The Bertz CT molecular complexity index is 708. The molecule has 25 heavy (non-hydrogen) atoms. The van der Waals surface area contributed by atoms with Crippen molar-refractivity contribution in [2.75, 3.05) is 11.9 Å². The molecule has 10 heteroatoms. The molecule has 0 spiro atoms. The number of anilines is 1. The second kappa shape index (κ2) is 6.61. The van der Waals surface area contributed by atoms with Gasteiger partial charge in [0.25, 0.3) is 11.8 Å². The van der Waals surface area contributed by atoms with E-state index in [1.807, 2.05) is 0 Å². The van der Waals surface area contributed by atoms with E-state index in [0.29, 0.717) is 11.4 Å². The number of benzene rings is 1. The molecule has 0 aromatic heterocycles. The zero-order valence-electron chi connectivity index (χ0n) is 13.5. The molecule has 1 aliphatic heterocycles. The Morgan fingerprint density at radius 2 is 2.00 bits per heavy atom. The summed E-state index contributed by atoms with van der Waals surface area (Å²) in [6.45, 7) is 2.82. The average molecular weight is 358 g/mol. The van der Waals surface area contributed by atoms with Crippen LogP contribution in [0.1, 0.15) is 25.8 Å². The molecule has 2 rings (SSSR count). The van der Waals surface area contributed by atoms with E-state index in [0.717, 1.165) is 12.1 Å². The molecule has 136 valence electrons. The second-order valence-corrected chi connectivity index (χ2v) is 5.72. The third-order valence-electron chi connectivity index (χ3n) is 3.85. The summed E-state index contributed by atoms with van der Waals surface area (Å²) in [5, 5.41) is 5.54. The minimum atomic E-state index is -4.50. The van der Waals surface area contributed by atoms with Crippen molar-refractivity contribution in [1.82, 2.24) is 15.8 Å². The number of carbonyl (C=O) groups excluding carboxylic acids is 3. The number of hydrogen-bond acceptors (Lipinski definition) is 4.